The molecule has 0 spiro atoms. The number of imide groups is 2. The molecule has 4 rings (SSSR count). The molecule has 1 heterocycles. The summed E-state index contributed by atoms with van der Waals surface area (Å²) in [4.78, 5) is 39.1. The lowest BCUT2D eigenvalue weighted by atomic mass is 10.0. The highest BCUT2D eigenvalue weighted by atomic mass is 79.9. The Morgan fingerprint density at radius 2 is 1.77 bits per heavy atom. The molecule has 8 heteroatoms. The highest BCUT2D eigenvalue weighted by Gasteiger charge is 2.36. The van der Waals surface area contributed by atoms with E-state index in [2.05, 4.69) is 21.2 Å². The number of methoxy groups -OCH3 is 1. The standard InChI is InChI=1S/C27H22BrFN2O4/c1-3-16-7-9-20(10-8-16)31-26(33)22(25(32)30-27(31)34)13-18-14-23(28)21(24(15-18)35-2)12-17-5-4-6-19(29)11-17/h4-11,13-15H,3,12H2,1-2H3,(H,30,32,34)/b22-13+. The molecule has 6 nitrogen and oxygen atoms in total. The summed E-state index contributed by atoms with van der Waals surface area (Å²) in [6, 6.07) is 15.9. The average Bonchev–Trinajstić information content (AvgIpc) is 2.83. The van der Waals surface area contributed by atoms with Crippen LogP contribution >= 0.6 is 15.9 Å². The number of carbonyl (C=O) groups is 3. The number of rotatable bonds is 6. The van der Waals surface area contributed by atoms with Crippen molar-refractivity contribution in [2.24, 2.45) is 0 Å². The highest BCUT2D eigenvalue weighted by Crippen LogP contribution is 2.33. The molecule has 1 saturated heterocycles. The van der Waals surface area contributed by atoms with E-state index in [0.29, 0.717) is 27.9 Å². The van der Waals surface area contributed by atoms with Gasteiger partial charge < -0.3 is 4.74 Å². The van der Waals surface area contributed by atoms with Crippen LogP contribution in [0.4, 0.5) is 14.9 Å². The summed E-state index contributed by atoms with van der Waals surface area (Å²) < 4.78 is 19.8. The van der Waals surface area contributed by atoms with Gasteiger partial charge in [0.1, 0.15) is 17.1 Å². The fourth-order valence-corrected chi connectivity index (χ4v) is 4.46. The zero-order chi connectivity index (χ0) is 25.1. The number of ether oxygens (including phenoxy) is 1. The number of halogens is 2. The maximum atomic E-state index is 13.6. The highest BCUT2D eigenvalue weighted by molar-refractivity contribution is 9.10. The van der Waals surface area contributed by atoms with Gasteiger partial charge in [-0.3, -0.25) is 14.9 Å². The van der Waals surface area contributed by atoms with Gasteiger partial charge in [-0.2, -0.15) is 0 Å². The van der Waals surface area contributed by atoms with Crippen LogP contribution in [0.3, 0.4) is 0 Å². The SMILES string of the molecule is CCc1ccc(N2C(=O)NC(=O)/C(=C\c3cc(Br)c(Cc4cccc(F)c4)c(OC)c3)C2=O)cc1. The molecule has 0 bridgehead atoms. The van der Waals surface area contributed by atoms with E-state index >= 15 is 0 Å². The number of nitrogens with zero attached hydrogens (tertiary/aromatic N) is 1. The first-order valence-corrected chi connectivity index (χ1v) is 11.7. The second-order valence-corrected chi connectivity index (χ2v) is 8.82. The van der Waals surface area contributed by atoms with Crippen molar-refractivity contribution in [1.82, 2.24) is 5.32 Å². The van der Waals surface area contributed by atoms with Gasteiger partial charge in [0, 0.05) is 16.5 Å². The van der Waals surface area contributed by atoms with Gasteiger partial charge >= 0.3 is 6.03 Å². The minimum absolute atomic E-state index is 0.184. The third-order valence-corrected chi connectivity index (χ3v) is 6.39. The molecular formula is C27H22BrFN2O4. The number of hydrogen-bond acceptors (Lipinski definition) is 4. The summed E-state index contributed by atoms with van der Waals surface area (Å²) >= 11 is 3.53. The number of nitrogens with one attached hydrogen (secondary N) is 1. The molecular weight excluding hydrogens is 515 g/mol. The Morgan fingerprint density at radius 3 is 2.43 bits per heavy atom. The number of urea groups is 1. The Hall–Kier alpha value is -3.78. The summed E-state index contributed by atoms with van der Waals surface area (Å²) in [5.74, 6) is -1.33. The lowest BCUT2D eigenvalue weighted by molar-refractivity contribution is -0.122. The maximum Gasteiger partial charge on any atom is 0.335 e. The van der Waals surface area contributed by atoms with Gasteiger partial charge in [-0.05, 0) is 65.6 Å². The summed E-state index contributed by atoms with van der Waals surface area (Å²) in [5.41, 5.74) is 3.31. The molecule has 178 valence electrons. The van der Waals surface area contributed by atoms with Crippen molar-refractivity contribution in [2.75, 3.05) is 12.0 Å². The molecule has 0 aromatic heterocycles. The molecule has 1 aliphatic heterocycles. The van der Waals surface area contributed by atoms with Gasteiger partial charge in [-0.1, -0.05) is 47.1 Å². The van der Waals surface area contributed by atoms with Crippen LogP contribution in [-0.4, -0.2) is 25.0 Å². The monoisotopic (exact) mass is 536 g/mol. The lowest BCUT2D eigenvalue weighted by Gasteiger charge is -2.26. The zero-order valence-electron chi connectivity index (χ0n) is 19.1. The molecule has 0 aliphatic carbocycles. The van der Waals surface area contributed by atoms with Crippen molar-refractivity contribution < 1.29 is 23.5 Å². The molecule has 0 radical (unpaired) electrons. The molecule has 3 aromatic rings. The van der Waals surface area contributed by atoms with Gasteiger partial charge in [0.2, 0.25) is 0 Å². The second-order valence-electron chi connectivity index (χ2n) is 7.97. The van der Waals surface area contributed by atoms with Crippen LogP contribution in [0.15, 0.2) is 70.7 Å². The Labute approximate surface area is 210 Å². The van der Waals surface area contributed by atoms with Crippen molar-refractivity contribution in [1.29, 1.82) is 0 Å². The van der Waals surface area contributed by atoms with E-state index in [1.165, 1.54) is 25.3 Å². The predicted octanol–water partition coefficient (Wildman–Crippen LogP) is 5.42. The minimum Gasteiger partial charge on any atom is -0.496 e. The number of anilines is 1. The van der Waals surface area contributed by atoms with Crippen LogP contribution in [0.2, 0.25) is 0 Å². The van der Waals surface area contributed by atoms with E-state index in [-0.39, 0.29) is 11.4 Å². The number of aryl methyl sites for hydroxylation is 1. The molecule has 1 N–H and O–H groups in total. The van der Waals surface area contributed by atoms with Crippen LogP contribution in [0.1, 0.15) is 29.2 Å². The van der Waals surface area contributed by atoms with Crippen LogP contribution < -0.4 is 15.0 Å². The molecule has 0 atom stereocenters. The fraction of sp³-hybridized carbons (Fsp3) is 0.148. The van der Waals surface area contributed by atoms with E-state index in [4.69, 9.17) is 4.74 Å². The number of carbonyl (C=O) groups excluding carboxylic acids is 3. The van der Waals surface area contributed by atoms with Crippen molar-refractivity contribution >= 4 is 45.5 Å². The first-order chi connectivity index (χ1) is 16.8. The van der Waals surface area contributed by atoms with E-state index < -0.39 is 17.8 Å². The largest absolute Gasteiger partial charge is 0.496 e. The average molecular weight is 537 g/mol. The van der Waals surface area contributed by atoms with Crippen LogP contribution in [0.5, 0.6) is 5.75 Å². The van der Waals surface area contributed by atoms with E-state index in [1.54, 1.807) is 30.3 Å². The van der Waals surface area contributed by atoms with Crippen LogP contribution in [0.25, 0.3) is 6.08 Å². The second kappa shape index (κ2) is 10.2. The normalized spacial score (nSPS) is 14.9. The topological polar surface area (TPSA) is 75.7 Å². The summed E-state index contributed by atoms with van der Waals surface area (Å²) in [5, 5.41) is 2.23. The van der Waals surface area contributed by atoms with Gasteiger partial charge in [0.05, 0.1) is 12.8 Å². The Bertz CT molecular complexity index is 1350. The van der Waals surface area contributed by atoms with Gasteiger partial charge in [0.25, 0.3) is 11.8 Å². The molecule has 1 aliphatic rings. The van der Waals surface area contributed by atoms with Gasteiger partial charge in [0.15, 0.2) is 0 Å². The maximum absolute atomic E-state index is 13.6. The fourth-order valence-electron chi connectivity index (χ4n) is 3.86. The Kier molecular flexibility index (Phi) is 7.12. The van der Waals surface area contributed by atoms with E-state index in [9.17, 15) is 18.8 Å². The summed E-state index contributed by atoms with van der Waals surface area (Å²) in [6.45, 7) is 2.00. The minimum atomic E-state index is -0.800. The third-order valence-electron chi connectivity index (χ3n) is 5.68. The van der Waals surface area contributed by atoms with Crippen molar-refractivity contribution in [3.63, 3.8) is 0 Å². The summed E-state index contributed by atoms with van der Waals surface area (Å²) in [7, 11) is 1.51. The first kappa shape index (κ1) is 24.3. The first-order valence-electron chi connectivity index (χ1n) is 10.9. The van der Waals surface area contributed by atoms with E-state index in [1.807, 2.05) is 25.1 Å². The predicted molar refractivity (Wildman–Crippen MR) is 135 cm³/mol. The number of barbiturate groups is 1. The van der Waals surface area contributed by atoms with Gasteiger partial charge in [-0.25, -0.2) is 14.1 Å². The van der Waals surface area contributed by atoms with Crippen LogP contribution in [0, 0.1) is 5.82 Å². The van der Waals surface area contributed by atoms with Crippen molar-refractivity contribution in [2.45, 2.75) is 19.8 Å². The Morgan fingerprint density at radius 1 is 1.03 bits per heavy atom. The zero-order valence-corrected chi connectivity index (χ0v) is 20.7. The van der Waals surface area contributed by atoms with Gasteiger partial charge in [-0.15, -0.1) is 0 Å². The molecule has 0 saturated carbocycles. The number of amides is 4. The molecule has 3 aromatic carbocycles. The summed E-state index contributed by atoms with van der Waals surface area (Å²) in [6.07, 6.45) is 2.64. The quantitative estimate of drug-likeness (QED) is 0.337. The third kappa shape index (κ3) is 5.17. The lowest BCUT2D eigenvalue weighted by Crippen LogP contribution is -2.54. The number of benzene rings is 3. The van der Waals surface area contributed by atoms with Crippen molar-refractivity contribution in [3.8, 4) is 5.75 Å². The van der Waals surface area contributed by atoms with Crippen LogP contribution in [-0.2, 0) is 22.4 Å². The smallest absolute Gasteiger partial charge is 0.335 e. The molecule has 1 fully saturated rings. The number of hydrogen-bond donors (Lipinski definition) is 1. The molecule has 0 unspecified atom stereocenters. The Balaban J connectivity index is 1.68. The van der Waals surface area contributed by atoms with Crippen molar-refractivity contribution in [3.05, 3.63) is 98.8 Å². The van der Waals surface area contributed by atoms with E-state index in [0.717, 1.165) is 28.0 Å². The molecule has 35 heavy (non-hydrogen) atoms. The molecule has 4 amide bonds.